The summed E-state index contributed by atoms with van der Waals surface area (Å²) in [6.45, 7) is 0. The van der Waals surface area contributed by atoms with Crippen molar-refractivity contribution in [2.24, 2.45) is 17.8 Å². The summed E-state index contributed by atoms with van der Waals surface area (Å²) in [7, 11) is 3.47. The Morgan fingerprint density at radius 1 is 1.12 bits per heavy atom. The first kappa shape index (κ1) is 18.2. The fraction of sp³-hybridized carbons (Fsp3) is 0.600. The Bertz CT molecular complexity index is 700. The maximum absolute atomic E-state index is 12.9. The molecular formula is C20H26N2O2S2. The standard InChI is InChI=1S/C20H26N2O2S2/c1-22(2)19(24)13-4-3-5-17(12-13)21-18(23)14-10-15-6-7-16(11-14)20(15)25-8-9-26-20/h3-5,12,14-16H,6-11H2,1-2H3,(H,21,23)/t14?,15-,16+. The lowest BCUT2D eigenvalue weighted by atomic mass is 9.79. The predicted octanol–water partition coefficient (Wildman–Crippen LogP) is 3.94. The molecule has 1 aromatic rings. The van der Waals surface area contributed by atoms with Gasteiger partial charge >= 0.3 is 0 Å². The van der Waals surface area contributed by atoms with Crippen LogP contribution in [0.25, 0.3) is 0 Å². The molecule has 4 rings (SSSR count). The van der Waals surface area contributed by atoms with Gasteiger partial charge in [-0.05, 0) is 55.7 Å². The van der Waals surface area contributed by atoms with Crippen molar-refractivity contribution in [3.05, 3.63) is 29.8 Å². The number of hydrogen-bond donors (Lipinski definition) is 1. The number of carbonyl (C=O) groups excluding carboxylic acids is 2. The van der Waals surface area contributed by atoms with Crippen molar-refractivity contribution in [3.8, 4) is 0 Å². The first-order valence-electron chi connectivity index (χ1n) is 9.40. The quantitative estimate of drug-likeness (QED) is 0.849. The van der Waals surface area contributed by atoms with E-state index in [1.165, 1.54) is 24.3 Å². The van der Waals surface area contributed by atoms with Crippen LogP contribution in [0.4, 0.5) is 5.69 Å². The lowest BCUT2D eigenvalue weighted by molar-refractivity contribution is -0.121. The third-order valence-electron chi connectivity index (χ3n) is 6.03. The van der Waals surface area contributed by atoms with Gasteiger partial charge in [-0.15, -0.1) is 23.5 Å². The number of rotatable bonds is 3. The van der Waals surface area contributed by atoms with Crippen LogP contribution in [-0.2, 0) is 4.79 Å². The summed E-state index contributed by atoms with van der Waals surface area (Å²) in [6, 6.07) is 7.27. The molecule has 2 bridgehead atoms. The van der Waals surface area contributed by atoms with Crippen LogP contribution in [0.2, 0.25) is 0 Å². The van der Waals surface area contributed by atoms with E-state index in [0.717, 1.165) is 18.5 Å². The molecule has 2 aliphatic carbocycles. The van der Waals surface area contributed by atoms with Crippen molar-refractivity contribution < 1.29 is 9.59 Å². The first-order valence-corrected chi connectivity index (χ1v) is 11.4. The van der Waals surface area contributed by atoms with E-state index >= 15 is 0 Å². The number of thioether (sulfide) groups is 2. The van der Waals surface area contributed by atoms with Crippen LogP contribution in [0.3, 0.4) is 0 Å². The SMILES string of the molecule is CN(C)C(=O)c1cccc(NC(=O)C2C[C@H]3CC[C@@H](C2)C32SCCS2)c1. The summed E-state index contributed by atoms with van der Waals surface area (Å²) in [5.41, 5.74) is 1.33. The van der Waals surface area contributed by atoms with Crippen LogP contribution < -0.4 is 5.32 Å². The Morgan fingerprint density at radius 2 is 1.77 bits per heavy atom. The van der Waals surface area contributed by atoms with E-state index in [0.29, 0.717) is 21.5 Å². The van der Waals surface area contributed by atoms with Crippen molar-refractivity contribution in [1.29, 1.82) is 0 Å². The lowest BCUT2D eigenvalue weighted by Gasteiger charge is -2.42. The second kappa shape index (κ2) is 7.12. The zero-order valence-corrected chi connectivity index (χ0v) is 17.0. The minimum atomic E-state index is -0.0472. The van der Waals surface area contributed by atoms with Gasteiger partial charge in [0.15, 0.2) is 0 Å². The summed E-state index contributed by atoms with van der Waals surface area (Å²) in [5.74, 6) is 4.07. The first-order chi connectivity index (χ1) is 12.5. The molecule has 1 unspecified atom stereocenters. The molecule has 1 aromatic carbocycles. The molecule has 26 heavy (non-hydrogen) atoms. The van der Waals surface area contributed by atoms with Crippen LogP contribution >= 0.6 is 23.5 Å². The summed E-state index contributed by atoms with van der Waals surface area (Å²) < 4.78 is 0.412. The van der Waals surface area contributed by atoms with Gasteiger partial charge in [0.05, 0.1) is 4.08 Å². The number of nitrogens with zero attached hydrogens (tertiary/aromatic N) is 1. The van der Waals surface area contributed by atoms with Crippen molar-refractivity contribution >= 4 is 41.0 Å². The Hall–Kier alpha value is -1.14. The molecular weight excluding hydrogens is 364 g/mol. The molecule has 1 aliphatic heterocycles. The molecule has 140 valence electrons. The summed E-state index contributed by atoms with van der Waals surface area (Å²) >= 11 is 4.32. The van der Waals surface area contributed by atoms with Crippen molar-refractivity contribution in [2.45, 2.75) is 29.8 Å². The van der Waals surface area contributed by atoms with Crippen LogP contribution in [0, 0.1) is 17.8 Å². The van der Waals surface area contributed by atoms with Crippen LogP contribution in [0.1, 0.15) is 36.0 Å². The average molecular weight is 391 g/mol. The molecule has 1 heterocycles. The lowest BCUT2D eigenvalue weighted by Crippen LogP contribution is -2.41. The van der Waals surface area contributed by atoms with Gasteiger partial charge in [0.25, 0.3) is 5.91 Å². The van der Waals surface area contributed by atoms with Gasteiger partial charge in [0.1, 0.15) is 0 Å². The van der Waals surface area contributed by atoms with Gasteiger partial charge in [-0.1, -0.05) is 6.07 Å². The van der Waals surface area contributed by atoms with Gasteiger partial charge in [0, 0.05) is 42.8 Å². The number of benzene rings is 1. The van der Waals surface area contributed by atoms with Gasteiger partial charge < -0.3 is 10.2 Å². The second-order valence-electron chi connectivity index (χ2n) is 7.83. The highest BCUT2D eigenvalue weighted by Gasteiger charge is 2.57. The second-order valence-corrected chi connectivity index (χ2v) is 10.8. The van der Waals surface area contributed by atoms with E-state index in [1.54, 1.807) is 31.1 Å². The summed E-state index contributed by atoms with van der Waals surface area (Å²) in [5, 5.41) is 3.07. The number of hydrogen-bond acceptors (Lipinski definition) is 4. The molecule has 2 saturated carbocycles. The van der Waals surface area contributed by atoms with Crippen LogP contribution in [0.5, 0.6) is 0 Å². The van der Waals surface area contributed by atoms with E-state index in [4.69, 9.17) is 0 Å². The van der Waals surface area contributed by atoms with E-state index < -0.39 is 0 Å². The van der Waals surface area contributed by atoms with Crippen molar-refractivity contribution in [1.82, 2.24) is 4.90 Å². The third kappa shape index (κ3) is 3.15. The molecule has 1 spiro atoms. The molecule has 4 nitrogen and oxygen atoms in total. The zero-order chi connectivity index (χ0) is 18.3. The van der Waals surface area contributed by atoms with E-state index in [9.17, 15) is 9.59 Å². The molecule has 2 amide bonds. The fourth-order valence-corrected chi connectivity index (χ4v) is 8.78. The predicted molar refractivity (Wildman–Crippen MR) is 110 cm³/mol. The zero-order valence-electron chi connectivity index (χ0n) is 15.4. The van der Waals surface area contributed by atoms with Crippen LogP contribution in [0.15, 0.2) is 24.3 Å². The van der Waals surface area contributed by atoms with Gasteiger partial charge in [-0.25, -0.2) is 0 Å². The molecule has 0 radical (unpaired) electrons. The number of carbonyl (C=O) groups is 2. The molecule has 1 saturated heterocycles. The number of anilines is 1. The van der Waals surface area contributed by atoms with Gasteiger partial charge in [-0.2, -0.15) is 0 Å². The fourth-order valence-electron chi connectivity index (χ4n) is 4.85. The maximum Gasteiger partial charge on any atom is 0.253 e. The van der Waals surface area contributed by atoms with E-state index in [2.05, 4.69) is 28.8 Å². The van der Waals surface area contributed by atoms with E-state index in [1.807, 2.05) is 12.1 Å². The van der Waals surface area contributed by atoms with Gasteiger partial charge in [0.2, 0.25) is 5.91 Å². The highest BCUT2D eigenvalue weighted by molar-refractivity contribution is 8.21. The van der Waals surface area contributed by atoms with E-state index in [-0.39, 0.29) is 17.7 Å². The highest BCUT2D eigenvalue weighted by Crippen LogP contribution is 2.65. The third-order valence-corrected chi connectivity index (χ3v) is 10.1. The maximum atomic E-state index is 12.9. The Labute approximate surface area is 163 Å². The molecule has 3 fully saturated rings. The topological polar surface area (TPSA) is 49.4 Å². The minimum absolute atomic E-state index is 0.0472. The molecule has 0 aromatic heterocycles. The van der Waals surface area contributed by atoms with Crippen LogP contribution in [-0.4, -0.2) is 46.4 Å². The number of amides is 2. The Morgan fingerprint density at radius 3 is 2.38 bits per heavy atom. The monoisotopic (exact) mass is 390 g/mol. The van der Waals surface area contributed by atoms with Gasteiger partial charge in [-0.3, -0.25) is 9.59 Å². The summed E-state index contributed by atoms with van der Waals surface area (Å²) in [4.78, 5) is 26.6. The molecule has 3 aliphatic rings. The smallest absolute Gasteiger partial charge is 0.253 e. The Kier molecular flexibility index (Phi) is 4.99. The van der Waals surface area contributed by atoms with Crippen molar-refractivity contribution in [3.63, 3.8) is 0 Å². The Balaban J connectivity index is 1.44. The highest BCUT2D eigenvalue weighted by atomic mass is 32.2. The molecule has 1 N–H and O–H groups in total. The largest absolute Gasteiger partial charge is 0.345 e. The average Bonchev–Trinajstić information content (AvgIpc) is 3.16. The molecule has 3 atom stereocenters. The molecule has 6 heteroatoms. The minimum Gasteiger partial charge on any atom is -0.345 e. The normalized spacial score (nSPS) is 28.9. The summed E-state index contributed by atoms with van der Waals surface area (Å²) in [6.07, 6.45) is 4.58. The van der Waals surface area contributed by atoms with Crippen molar-refractivity contribution in [2.75, 3.05) is 30.9 Å². The number of nitrogens with one attached hydrogen (secondary N) is 1.